The largest absolute Gasteiger partial charge is 0.307 e. The van der Waals surface area contributed by atoms with Gasteiger partial charge in [0.25, 0.3) is 5.56 Å². The quantitative estimate of drug-likeness (QED) is 0.577. The molecule has 6 heteroatoms. The summed E-state index contributed by atoms with van der Waals surface area (Å²) in [5, 5.41) is 9.47. The molecular weight excluding hydrogens is 356 g/mol. The normalized spacial score (nSPS) is 11.2. The third-order valence-corrected chi connectivity index (χ3v) is 5.59. The molecule has 1 N–H and O–H groups in total. The Labute approximate surface area is 161 Å². The predicted octanol–water partition coefficient (Wildman–Crippen LogP) is 3.66. The zero-order chi connectivity index (χ0) is 18.8. The minimum absolute atomic E-state index is 0.0664. The number of nitrogens with one attached hydrogen (secondary N) is 1. The lowest BCUT2D eigenvalue weighted by Gasteiger charge is -2.10. The van der Waals surface area contributed by atoms with Crippen molar-refractivity contribution < 1.29 is 0 Å². The summed E-state index contributed by atoms with van der Waals surface area (Å²) in [6.07, 6.45) is 0. The van der Waals surface area contributed by atoms with E-state index in [4.69, 9.17) is 0 Å². The molecule has 0 bridgehead atoms. The van der Waals surface area contributed by atoms with Crippen molar-refractivity contribution in [2.75, 3.05) is 0 Å². The molecule has 2 aromatic heterocycles. The molecule has 2 aromatic carbocycles. The molecule has 0 saturated heterocycles. The Hall–Kier alpha value is -2.83. The maximum atomic E-state index is 12.2. The van der Waals surface area contributed by atoms with E-state index in [2.05, 4.69) is 39.7 Å². The maximum absolute atomic E-state index is 12.2. The second kappa shape index (κ2) is 7.42. The van der Waals surface area contributed by atoms with Crippen molar-refractivity contribution in [3.63, 3.8) is 0 Å². The van der Waals surface area contributed by atoms with Crippen LogP contribution in [0.4, 0.5) is 0 Å². The lowest BCUT2D eigenvalue weighted by Crippen LogP contribution is -2.24. The SMILES string of the molecule is Cc1ncsc1-c1ccc(CNCc2nn(C)c(=O)c3ccccc23)cc1. The van der Waals surface area contributed by atoms with Gasteiger partial charge in [-0.2, -0.15) is 5.10 Å². The monoisotopic (exact) mass is 376 g/mol. The first kappa shape index (κ1) is 17.6. The third-order valence-electron chi connectivity index (χ3n) is 4.62. The molecule has 0 unspecified atom stereocenters. The van der Waals surface area contributed by atoms with Gasteiger partial charge in [-0.3, -0.25) is 4.79 Å². The molecule has 0 saturated carbocycles. The highest BCUT2D eigenvalue weighted by molar-refractivity contribution is 7.13. The first-order chi connectivity index (χ1) is 13.1. The number of fused-ring (bicyclic) bond motifs is 1. The Balaban J connectivity index is 1.48. The van der Waals surface area contributed by atoms with Crippen LogP contribution in [0, 0.1) is 6.92 Å². The summed E-state index contributed by atoms with van der Waals surface area (Å²) in [6.45, 7) is 3.37. The Kier molecular flexibility index (Phi) is 4.83. The standard InChI is InChI=1S/C21H20N4OS/c1-14-20(27-13-23-14)16-9-7-15(8-10-16)11-22-12-19-17-5-3-4-6-18(17)21(26)25(2)24-19/h3-10,13,22H,11-12H2,1-2H3. The van der Waals surface area contributed by atoms with Crippen molar-refractivity contribution >= 4 is 22.1 Å². The second-order valence-electron chi connectivity index (χ2n) is 6.49. The molecule has 0 aliphatic heterocycles. The number of thiazole rings is 1. The van der Waals surface area contributed by atoms with E-state index >= 15 is 0 Å². The molecule has 4 aromatic rings. The van der Waals surface area contributed by atoms with Crippen LogP contribution in [0.15, 0.2) is 58.8 Å². The molecule has 0 amide bonds. The van der Waals surface area contributed by atoms with E-state index < -0.39 is 0 Å². The number of aryl methyl sites for hydroxylation is 2. The van der Waals surface area contributed by atoms with Crippen LogP contribution in [0.1, 0.15) is 17.0 Å². The maximum Gasteiger partial charge on any atom is 0.274 e. The number of nitrogens with zero attached hydrogens (tertiary/aromatic N) is 3. The number of benzene rings is 2. The summed E-state index contributed by atoms with van der Waals surface area (Å²) >= 11 is 1.66. The zero-order valence-corrected chi connectivity index (χ0v) is 16.1. The zero-order valence-electron chi connectivity index (χ0n) is 15.3. The summed E-state index contributed by atoms with van der Waals surface area (Å²) in [4.78, 5) is 17.7. The van der Waals surface area contributed by atoms with E-state index in [9.17, 15) is 4.79 Å². The molecule has 2 heterocycles. The molecular formula is C21H20N4OS. The van der Waals surface area contributed by atoms with Gasteiger partial charge in [0.05, 0.1) is 27.2 Å². The van der Waals surface area contributed by atoms with Gasteiger partial charge in [0.1, 0.15) is 0 Å². The molecule has 0 atom stereocenters. The fourth-order valence-electron chi connectivity index (χ4n) is 3.18. The number of rotatable bonds is 5. The van der Waals surface area contributed by atoms with Gasteiger partial charge in [0.2, 0.25) is 0 Å². The van der Waals surface area contributed by atoms with E-state index in [1.54, 1.807) is 18.4 Å². The fraction of sp³-hybridized carbons (Fsp3) is 0.190. The number of hydrogen-bond acceptors (Lipinski definition) is 5. The Morgan fingerprint density at radius 3 is 2.48 bits per heavy atom. The average molecular weight is 376 g/mol. The summed E-state index contributed by atoms with van der Waals surface area (Å²) in [6, 6.07) is 16.2. The van der Waals surface area contributed by atoms with Gasteiger partial charge in [-0.25, -0.2) is 9.67 Å². The van der Waals surface area contributed by atoms with E-state index in [0.717, 1.165) is 23.3 Å². The number of hydrogen-bond donors (Lipinski definition) is 1. The van der Waals surface area contributed by atoms with Crippen LogP contribution >= 0.6 is 11.3 Å². The van der Waals surface area contributed by atoms with Crippen molar-refractivity contribution in [2.24, 2.45) is 7.05 Å². The highest BCUT2D eigenvalue weighted by Gasteiger charge is 2.08. The smallest absolute Gasteiger partial charge is 0.274 e. The lowest BCUT2D eigenvalue weighted by molar-refractivity contribution is 0.633. The fourth-order valence-corrected chi connectivity index (χ4v) is 4.00. The van der Waals surface area contributed by atoms with Crippen LogP contribution in [0.2, 0.25) is 0 Å². The molecule has 136 valence electrons. The molecule has 5 nitrogen and oxygen atoms in total. The topological polar surface area (TPSA) is 59.8 Å². The molecule has 4 rings (SSSR count). The van der Waals surface area contributed by atoms with Crippen LogP contribution < -0.4 is 10.9 Å². The molecule has 0 spiro atoms. The predicted molar refractivity (Wildman–Crippen MR) is 110 cm³/mol. The molecule has 0 aliphatic rings. The molecule has 27 heavy (non-hydrogen) atoms. The van der Waals surface area contributed by atoms with Gasteiger partial charge in [-0.15, -0.1) is 11.3 Å². The number of aromatic nitrogens is 3. The Morgan fingerprint density at radius 1 is 1.04 bits per heavy atom. The van der Waals surface area contributed by atoms with Gasteiger partial charge in [0, 0.05) is 25.5 Å². The summed E-state index contributed by atoms with van der Waals surface area (Å²) < 4.78 is 1.41. The van der Waals surface area contributed by atoms with E-state index in [1.807, 2.05) is 36.7 Å². The highest BCUT2D eigenvalue weighted by Crippen LogP contribution is 2.27. The highest BCUT2D eigenvalue weighted by atomic mass is 32.1. The lowest BCUT2D eigenvalue weighted by atomic mass is 10.1. The van der Waals surface area contributed by atoms with Crippen LogP contribution in [0.3, 0.4) is 0 Å². The van der Waals surface area contributed by atoms with Gasteiger partial charge < -0.3 is 5.32 Å². The van der Waals surface area contributed by atoms with Crippen LogP contribution in [-0.2, 0) is 20.1 Å². The summed E-state index contributed by atoms with van der Waals surface area (Å²) in [5.74, 6) is 0. The third kappa shape index (κ3) is 3.54. The van der Waals surface area contributed by atoms with Crippen LogP contribution in [0.5, 0.6) is 0 Å². The molecule has 0 aliphatic carbocycles. The van der Waals surface area contributed by atoms with Crippen molar-refractivity contribution in [3.8, 4) is 10.4 Å². The minimum Gasteiger partial charge on any atom is -0.307 e. The van der Waals surface area contributed by atoms with Crippen LogP contribution in [0.25, 0.3) is 21.2 Å². The van der Waals surface area contributed by atoms with E-state index in [0.29, 0.717) is 11.9 Å². The van der Waals surface area contributed by atoms with E-state index in [1.165, 1.54) is 20.7 Å². The Bertz CT molecular complexity index is 1150. The summed E-state index contributed by atoms with van der Waals surface area (Å²) in [7, 11) is 1.69. The first-order valence-electron chi connectivity index (χ1n) is 8.78. The second-order valence-corrected chi connectivity index (χ2v) is 7.34. The van der Waals surface area contributed by atoms with Crippen molar-refractivity contribution in [1.29, 1.82) is 0 Å². The Morgan fingerprint density at radius 2 is 1.78 bits per heavy atom. The van der Waals surface area contributed by atoms with Crippen molar-refractivity contribution in [1.82, 2.24) is 20.1 Å². The first-order valence-corrected chi connectivity index (χ1v) is 9.66. The van der Waals surface area contributed by atoms with Gasteiger partial charge in [-0.1, -0.05) is 42.5 Å². The summed E-state index contributed by atoms with van der Waals surface area (Å²) in [5.41, 5.74) is 6.16. The minimum atomic E-state index is -0.0664. The molecule has 0 radical (unpaired) electrons. The van der Waals surface area contributed by atoms with Crippen molar-refractivity contribution in [3.05, 3.63) is 81.3 Å². The molecule has 0 fully saturated rings. The average Bonchev–Trinajstić information content (AvgIpc) is 3.12. The van der Waals surface area contributed by atoms with Gasteiger partial charge in [0.15, 0.2) is 0 Å². The van der Waals surface area contributed by atoms with Gasteiger partial charge >= 0.3 is 0 Å². The van der Waals surface area contributed by atoms with Gasteiger partial charge in [-0.05, 0) is 24.1 Å². The van der Waals surface area contributed by atoms with Crippen molar-refractivity contribution in [2.45, 2.75) is 20.0 Å². The van der Waals surface area contributed by atoms with Crippen LogP contribution in [-0.4, -0.2) is 14.8 Å². The van der Waals surface area contributed by atoms with E-state index in [-0.39, 0.29) is 5.56 Å².